The SMILES string of the molecule is CNc1ccc(S(=O)(=O)NC2C(C)(C)C2(C)C)cc1. The van der Waals surface area contributed by atoms with Crippen molar-refractivity contribution in [3.63, 3.8) is 0 Å². The van der Waals surface area contributed by atoms with Gasteiger partial charge in [-0.3, -0.25) is 0 Å². The summed E-state index contributed by atoms with van der Waals surface area (Å²) in [6.07, 6.45) is 0. The number of anilines is 1. The van der Waals surface area contributed by atoms with Crippen molar-refractivity contribution in [2.75, 3.05) is 12.4 Å². The molecule has 0 amide bonds. The van der Waals surface area contributed by atoms with Crippen molar-refractivity contribution in [2.24, 2.45) is 10.8 Å². The van der Waals surface area contributed by atoms with Crippen molar-refractivity contribution < 1.29 is 8.42 Å². The van der Waals surface area contributed by atoms with Crippen LogP contribution in [-0.2, 0) is 10.0 Å². The molecule has 106 valence electrons. The van der Waals surface area contributed by atoms with Crippen LogP contribution < -0.4 is 10.0 Å². The van der Waals surface area contributed by atoms with Gasteiger partial charge < -0.3 is 5.32 Å². The van der Waals surface area contributed by atoms with Crippen molar-refractivity contribution in [3.05, 3.63) is 24.3 Å². The van der Waals surface area contributed by atoms with Gasteiger partial charge in [-0.25, -0.2) is 13.1 Å². The second kappa shape index (κ2) is 4.21. The zero-order valence-corrected chi connectivity index (χ0v) is 12.9. The first-order valence-electron chi connectivity index (χ1n) is 6.43. The predicted octanol–water partition coefficient (Wildman–Crippen LogP) is 2.44. The van der Waals surface area contributed by atoms with Crippen molar-refractivity contribution in [2.45, 2.75) is 38.6 Å². The number of benzene rings is 1. The molecular formula is C14H22N2O2S. The third-order valence-electron chi connectivity index (χ3n) is 4.75. The summed E-state index contributed by atoms with van der Waals surface area (Å²) in [6.45, 7) is 8.35. The molecule has 4 nitrogen and oxygen atoms in total. The Kier molecular flexibility index (Phi) is 3.18. The summed E-state index contributed by atoms with van der Waals surface area (Å²) < 4.78 is 27.5. The van der Waals surface area contributed by atoms with E-state index in [2.05, 4.69) is 37.7 Å². The fraction of sp³-hybridized carbons (Fsp3) is 0.571. The van der Waals surface area contributed by atoms with Gasteiger partial charge >= 0.3 is 0 Å². The Labute approximate surface area is 115 Å². The summed E-state index contributed by atoms with van der Waals surface area (Å²) in [5.74, 6) is 0. The topological polar surface area (TPSA) is 58.2 Å². The molecule has 0 bridgehead atoms. The Balaban J connectivity index is 2.20. The van der Waals surface area contributed by atoms with Crippen LogP contribution in [-0.4, -0.2) is 21.5 Å². The predicted molar refractivity (Wildman–Crippen MR) is 77.7 cm³/mol. The molecule has 1 aliphatic rings. The van der Waals surface area contributed by atoms with Gasteiger partial charge in [0.15, 0.2) is 0 Å². The van der Waals surface area contributed by atoms with Gasteiger partial charge in [0.1, 0.15) is 0 Å². The molecule has 0 unspecified atom stereocenters. The average Bonchev–Trinajstić information content (AvgIpc) is 2.71. The molecule has 5 heteroatoms. The van der Waals surface area contributed by atoms with E-state index in [-0.39, 0.29) is 16.9 Å². The summed E-state index contributed by atoms with van der Waals surface area (Å²) in [7, 11) is -1.64. The largest absolute Gasteiger partial charge is 0.388 e. The Morgan fingerprint density at radius 3 is 1.84 bits per heavy atom. The molecule has 0 spiro atoms. The lowest BCUT2D eigenvalue weighted by Gasteiger charge is -2.09. The lowest BCUT2D eigenvalue weighted by molar-refractivity contribution is 0.457. The van der Waals surface area contributed by atoms with Crippen molar-refractivity contribution >= 4 is 15.7 Å². The molecule has 2 N–H and O–H groups in total. The highest BCUT2D eigenvalue weighted by atomic mass is 32.2. The highest BCUT2D eigenvalue weighted by molar-refractivity contribution is 7.89. The molecular weight excluding hydrogens is 260 g/mol. The minimum Gasteiger partial charge on any atom is -0.388 e. The molecule has 0 saturated heterocycles. The molecule has 0 atom stereocenters. The quantitative estimate of drug-likeness (QED) is 0.892. The van der Waals surface area contributed by atoms with E-state index < -0.39 is 10.0 Å². The molecule has 0 heterocycles. The van der Waals surface area contributed by atoms with Crippen LogP contribution in [0.1, 0.15) is 27.7 Å². The smallest absolute Gasteiger partial charge is 0.240 e. The van der Waals surface area contributed by atoms with E-state index in [1.807, 2.05) is 0 Å². The summed E-state index contributed by atoms with van der Waals surface area (Å²) in [4.78, 5) is 0.310. The second-order valence-electron chi connectivity index (χ2n) is 6.27. The Morgan fingerprint density at radius 1 is 1.00 bits per heavy atom. The van der Waals surface area contributed by atoms with Crippen LogP contribution in [0.3, 0.4) is 0 Å². The zero-order chi connectivity index (χ0) is 14.5. The molecule has 19 heavy (non-hydrogen) atoms. The molecule has 2 rings (SSSR count). The maximum atomic E-state index is 12.3. The van der Waals surface area contributed by atoms with Crippen LogP contribution in [0.15, 0.2) is 29.2 Å². The molecule has 0 radical (unpaired) electrons. The molecule has 1 aliphatic carbocycles. The van der Waals surface area contributed by atoms with Crippen LogP contribution in [0.5, 0.6) is 0 Å². The standard InChI is InChI=1S/C14H22N2O2S/c1-13(2)12(14(13,3)4)16-19(17,18)11-8-6-10(15-5)7-9-11/h6-9,12,15-16H,1-5H3. The van der Waals surface area contributed by atoms with Gasteiger partial charge in [0, 0.05) is 18.8 Å². The first-order valence-corrected chi connectivity index (χ1v) is 7.91. The summed E-state index contributed by atoms with van der Waals surface area (Å²) in [5, 5.41) is 2.97. The Bertz CT molecular complexity index is 560. The van der Waals surface area contributed by atoms with Crippen molar-refractivity contribution in [3.8, 4) is 0 Å². The van der Waals surface area contributed by atoms with Crippen molar-refractivity contribution in [1.29, 1.82) is 0 Å². The number of hydrogen-bond acceptors (Lipinski definition) is 3. The number of nitrogens with one attached hydrogen (secondary N) is 2. The van der Waals surface area contributed by atoms with Gasteiger partial charge in [0.05, 0.1) is 4.90 Å². The van der Waals surface area contributed by atoms with E-state index in [1.165, 1.54) is 0 Å². The first kappa shape index (κ1) is 14.3. The van der Waals surface area contributed by atoms with E-state index in [1.54, 1.807) is 31.3 Å². The highest BCUT2D eigenvalue weighted by Crippen LogP contribution is 2.62. The number of sulfonamides is 1. The first-order chi connectivity index (χ1) is 8.63. The maximum absolute atomic E-state index is 12.3. The van der Waals surface area contributed by atoms with Gasteiger partial charge in [0.2, 0.25) is 10.0 Å². The van der Waals surface area contributed by atoms with Crippen LogP contribution in [0.2, 0.25) is 0 Å². The van der Waals surface area contributed by atoms with Crippen LogP contribution >= 0.6 is 0 Å². The fourth-order valence-electron chi connectivity index (χ4n) is 2.51. The van der Waals surface area contributed by atoms with Crippen LogP contribution in [0.4, 0.5) is 5.69 Å². The summed E-state index contributed by atoms with van der Waals surface area (Å²) in [6, 6.07) is 6.75. The lowest BCUT2D eigenvalue weighted by Crippen LogP contribution is -2.29. The van der Waals surface area contributed by atoms with E-state index in [0.29, 0.717) is 4.90 Å². The molecule has 0 aromatic heterocycles. The molecule has 1 fully saturated rings. The molecule has 1 saturated carbocycles. The van der Waals surface area contributed by atoms with Gasteiger partial charge in [0.25, 0.3) is 0 Å². The summed E-state index contributed by atoms with van der Waals surface area (Å²) in [5.41, 5.74) is 0.877. The zero-order valence-electron chi connectivity index (χ0n) is 12.1. The Morgan fingerprint density at radius 2 is 1.47 bits per heavy atom. The van der Waals surface area contributed by atoms with E-state index in [9.17, 15) is 8.42 Å². The van der Waals surface area contributed by atoms with Crippen molar-refractivity contribution in [1.82, 2.24) is 4.72 Å². The number of rotatable bonds is 4. The van der Waals surface area contributed by atoms with E-state index in [4.69, 9.17) is 0 Å². The fourth-order valence-corrected chi connectivity index (χ4v) is 4.04. The average molecular weight is 282 g/mol. The van der Waals surface area contributed by atoms with Gasteiger partial charge in [-0.05, 0) is 35.1 Å². The minimum absolute atomic E-state index is 0.00894. The second-order valence-corrected chi connectivity index (χ2v) is 7.99. The van der Waals surface area contributed by atoms with E-state index >= 15 is 0 Å². The normalized spacial score (nSPS) is 21.1. The lowest BCUT2D eigenvalue weighted by atomic mass is 10.0. The number of hydrogen-bond donors (Lipinski definition) is 2. The monoisotopic (exact) mass is 282 g/mol. The van der Waals surface area contributed by atoms with E-state index in [0.717, 1.165) is 5.69 Å². The Hall–Kier alpha value is -1.07. The highest BCUT2D eigenvalue weighted by Gasteiger charge is 2.65. The third kappa shape index (κ3) is 2.25. The summed E-state index contributed by atoms with van der Waals surface area (Å²) >= 11 is 0. The van der Waals surface area contributed by atoms with Crippen LogP contribution in [0.25, 0.3) is 0 Å². The molecule has 1 aromatic rings. The molecule has 1 aromatic carbocycles. The molecule has 0 aliphatic heterocycles. The maximum Gasteiger partial charge on any atom is 0.240 e. The third-order valence-corrected chi connectivity index (χ3v) is 6.19. The van der Waals surface area contributed by atoms with Gasteiger partial charge in [-0.1, -0.05) is 27.7 Å². The van der Waals surface area contributed by atoms with Gasteiger partial charge in [-0.15, -0.1) is 0 Å². The minimum atomic E-state index is -3.44. The van der Waals surface area contributed by atoms with Crippen LogP contribution in [0, 0.1) is 10.8 Å². The van der Waals surface area contributed by atoms with Gasteiger partial charge in [-0.2, -0.15) is 0 Å².